The maximum atomic E-state index is 2.38. The van der Waals surface area contributed by atoms with Crippen molar-refractivity contribution in [2.45, 2.75) is 0 Å². The van der Waals surface area contributed by atoms with Crippen LogP contribution in [0.3, 0.4) is 0 Å². The van der Waals surface area contributed by atoms with E-state index in [1.165, 1.54) is 99.1 Å². The lowest BCUT2D eigenvalue weighted by Gasteiger charge is -2.19. The Labute approximate surface area is 316 Å². The number of hydrogen-bond donors (Lipinski definition) is 0. The minimum Gasteiger partial charge on any atom is -0.0622 e. The van der Waals surface area contributed by atoms with E-state index in [2.05, 4.69) is 218 Å². The lowest BCUT2D eigenvalue weighted by Crippen LogP contribution is -1.92. The summed E-state index contributed by atoms with van der Waals surface area (Å²) in [5.41, 5.74) is 14.5. The van der Waals surface area contributed by atoms with Crippen LogP contribution in [0.5, 0.6) is 0 Å². The highest BCUT2D eigenvalue weighted by atomic mass is 14.2. The van der Waals surface area contributed by atoms with Gasteiger partial charge in [0.25, 0.3) is 0 Å². The molecule has 0 aliphatic carbocycles. The van der Waals surface area contributed by atoms with Crippen LogP contribution in [0.2, 0.25) is 0 Å². The summed E-state index contributed by atoms with van der Waals surface area (Å²) in [4.78, 5) is 0. The van der Waals surface area contributed by atoms with Crippen LogP contribution >= 0.6 is 0 Å². The van der Waals surface area contributed by atoms with Gasteiger partial charge >= 0.3 is 0 Å². The summed E-state index contributed by atoms with van der Waals surface area (Å²) in [6.07, 6.45) is 0. The lowest BCUT2D eigenvalue weighted by atomic mass is 9.84. The van der Waals surface area contributed by atoms with Crippen molar-refractivity contribution in [1.82, 2.24) is 0 Å². The molecule has 0 aliphatic heterocycles. The summed E-state index contributed by atoms with van der Waals surface area (Å²) >= 11 is 0. The number of fused-ring (bicyclic) bond motifs is 6. The molecule has 0 nitrogen and oxygen atoms in total. The molecule has 0 unspecified atom stereocenters. The molecular formula is C54H36. The zero-order valence-corrected chi connectivity index (χ0v) is 29.8. The van der Waals surface area contributed by atoms with Gasteiger partial charge in [-0.25, -0.2) is 0 Å². The second-order valence-corrected chi connectivity index (χ2v) is 14.1. The molecular weight excluding hydrogens is 649 g/mol. The highest BCUT2D eigenvalue weighted by Crippen LogP contribution is 2.46. The Hall–Kier alpha value is -7.02. The fraction of sp³-hybridized carbons (Fsp3) is 0. The van der Waals surface area contributed by atoms with Crippen molar-refractivity contribution in [3.05, 3.63) is 218 Å². The van der Waals surface area contributed by atoms with Crippen LogP contribution in [0, 0.1) is 0 Å². The van der Waals surface area contributed by atoms with Crippen molar-refractivity contribution >= 4 is 32.3 Å². The molecule has 0 saturated heterocycles. The van der Waals surface area contributed by atoms with Crippen LogP contribution in [0.15, 0.2) is 218 Å². The van der Waals surface area contributed by atoms with Crippen LogP contribution in [0.4, 0.5) is 0 Å². The van der Waals surface area contributed by atoms with Gasteiger partial charge in [0, 0.05) is 0 Å². The summed E-state index contributed by atoms with van der Waals surface area (Å²) in [7, 11) is 0. The fourth-order valence-corrected chi connectivity index (χ4v) is 8.28. The topological polar surface area (TPSA) is 0 Å². The second-order valence-electron chi connectivity index (χ2n) is 14.1. The Morgan fingerprint density at radius 1 is 0.167 bits per heavy atom. The van der Waals surface area contributed by atoms with E-state index in [9.17, 15) is 0 Å². The molecule has 0 atom stereocenters. The Morgan fingerprint density at radius 2 is 0.426 bits per heavy atom. The molecule has 0 amide bonds. The second kappa shape index (κ2) is 13.5. The molecule has 0 N–H and O–H groups in total. The first-order valence-electron chi connectivity index (χ1n) is 18.7. The minimum absolute atomic E-state index is 1.20. The Balaban J connectivity index is 1.32. The molecule has 10 rings (SSSR count). The first kappa shape index (κ1) is 31.7. The smallest absolute Gasteiger partial charge is 0.00141 e. The van der Waals surface area contributed by atoms with Crippen LogP contribution in [-0.4, -0.2) is 0 Å². The fourth-order valence-electron chi connectivity index (χ4n) is 8.28. The molecule has 10 aromatic rings. The van der Waals surface area contributed by atoms with E-state index >= 15 is 0 Å². The summed E-state index contributed by atoms with van der Waals surface area (Å²) in [6, 6.07) is 79.9. The highest BCUT2D eigenvalue weighted by Gasteiger charge is 2.19. The van der Waals surface area contributed by atoms with Gasteiger partial charge in [-0.15, -0.1) is 0 Å². The molecule has 0 aliphatic rings. The molecule has 54 heavy (non-hydrogen) atoms. The molecule has 0 bridgehead atoms. The average Bonchev–Trinajstić information content (AvgIpc) is 3.27. The van der Waals surface area contributed by atoms with Crippen LogP contribution in [0.25, 0.3) is 99.1 Å². The first-order valence-corrected chi connectivity index (χ1v) is 18.7. The molecule has 0 heteroatoms. The van der Waals surface area contributed by atoms with Gasteiger partial charge in [-0.3, -0.25) is 0 Å². The monoisotopic (exact) mass is 684 g/mol. The quantitative estimate of drug-likeness (QED) is 0.153. The summed E-state index contributed by atoms with van der Waals surface area (Å²) in [6.45, 7) is 0. The minimum atomic E-state index is 1.20. The normalized spacial score (nSPS) is 11.3. The summed E-state index contributed by atoms with van der Waals surface area (Å²) < 4.78 is 0. The van der Waals surface area contributed by atoms with Gasteiger partial charge in [-0.1, -0.05) is 182 Å². The maximum Gasteiger partial charge on any atom is -0.00141 e. The molecule has 0 aromatic heterocycles. The molecule has 0 fully saturated rings. The molecule has 0 spiro atoms. The zero-order valence-electron chi connectivity index (χ0n) is 29.8. The van der Waals surface area contributed by atoms with Crippen LogP contribution in [-0.2, 0) is 0 Å². The van der Waals surface area contributed by atoms with E-state index < -0.39 is 0 Å². The summed E-state index contributed by atoms with van der Waals surface area (Å²) in [5, 5.41) is 7.61. The number of benzene rings is 10. The SMILES string of the molecule is c1ccc(-c2cc(-c3ccccc3)cc(-c3cccc4c5ccccc5c5cccc(-c6cc(-c7ccccc7)cc(-c7ccccc7)c6)c5c34)c2)cc1. The molecule has 10 aromatic carbocycles. The number of hydrogen-bond acceptors (Lipinski definition) is 0. The molecule has 0 radical (unpaired) electrons. The highest BCUT2D eigenvalue weighted by molar-refractivity contribution is 6.31. The third-order valence-electron chi connectivity index (χ3n) is 10.8. The summed E-state index contributed by atoms with van der Waals surface area (Å²) in [5.74, 6) is 0. The van der Waals surface area contributed by atoms with Gasteiger partial charge in [0.1, 0.15) is 0 Å². The van der Waals surface area contributed by atoms with Gasteiger partial charge in [0.05, 0.1) is 0 Å². The molecule has 0 heterocycles. The Morgan fingerprint density at radius 3 is 0.741 bits per heavy atom. The van der Waals surface area contributed by atoms with Crippen molar-refractivity contribution in [2.24, 2.45) is 0 Å². The molecule has 0 saturated carbocycles. The predicted octanol–water partition coefficient (Wildman–Crippen LogP) is 15.1. The van der Waals surface area contributed by atoms with E-state index in [1.807, 2.05) is 0 Å². The first-order chi connectivity index (χ1) is 26.8. The third kappa shape index (κ3) is 5.66. The number of rotatable bonds is 6. The van der Waals surface area contributed by atoms with E-state index in [-0.39, 0.29) is 0 Å². The zero-order chi connectivity index (χ0) is 35.8. The lowest BCUT2D eigenvalue weighted by molar-refractivity contribution is 1.57. The van der Waals surface area contributed by atoms with Gasteiger partial charge < -0.3 is 0 Å². The maximum absolute atomic E-state index is 2.38. The standard InChI is InChI=1S/C54H36/c1-5-17-37(18-6-1)41-31-42(38-19-7-2-8-20-38)34-45(33-41)47-27-15-29-51-49-25-13-14-26-50(49)52-30-16-28-48(54(52)53(47)51)46-35-43(39-21-9-3-10-22-39)32-44(36-46)40-23-11-4-12-24-40/h1-36H. The van der Waals surface area contributed by atoms with Crippen molar-refractivity contribution in [1.29, 1.82) is 0 Å². The van der Waals surface area contributed by atoms with Gasteiger partial charge in [0.15, 0.2) is 0 Å². The van der Waals surface area contributed by atoms with E-state index in [0.717, 1.165) is 0 Å². The van der Waals surface area contributed by atoms with Gasteiger partial charge in [0.2, 0.25) is 0 Å². The van der Waals surface area contributed by atoms with Gasteiger partial charge in [-0.05, 0) is 135 Å². The Kier molecular flexibility index (Phi) is 7.93. The van der Waals surface area contributed by atoms with Crippen LogP contribution in [0.1, 0.15) is 0 Å². The van der Waals surface area contributed by atoms with Crippen molar-refractivity contribution in [3.63, 3.8) is 0 Å². The predicted molar refractivity (Wildman–Crippen MR) is 232 cm³/mol. The van der Waals surface area contributed by atoms with E-state index in [4.69, 9.17) is 0 Å². The molecule has 252 valence electrons. The van der Waals surface area contributed by atoms with Crippen molar-refractivity contribution in [3.8, 4) is 66.8 Å². The third-order valence-corrected chi connectivity index (χ3v) is 10.8. The van der Waals surface area contributed by atoms with Crippen molar-refractivity contribution < 1.29 is 0 Å². The van der Waals surface area contributed by atoms with Crippen LogP contribution < -0.4 is 0 Å². The van der Waals surface area contributed by atoms with Gasteiger partial charge in [-0.2, -0.15) is 0 Å². The van der Waals surface area contributed by atoms with Crippen molar-refractivity contribution in [2.75, 3.05) is 0 Å². The average molecular weight is 685 g/mol. The van der Waals surface area contributed by atoms with E-state index in [1.54, 1.807) is 0 Å². The Bertz CT molecular complexity index is 2620. The largest absolute Gasteiger partial charge is 0.0622 e. The van der Waals surface area contributed by atoms with E-state index in [0.29, 0.717) is 0 Å².